The van der Waals surface area contributed by atoms with Crippen molar-refractivity contribution in [1.29, 1.82) is 0 Å². The lowest BCUT2D eigenvalue weighted by molar-refractivity contribution is 0.456. The van der Waals surface area contributed by atoms with E-state index in [4.69, 9.17) is 0 Å². The second kappa shape index (κ2) is 5.92. The van der Waals surface area contributed by atoms with Crippen molar-refractivity contribution in [2.45, 2.75) is 32.6 Å². The van der Waals surface area contributed by atoms with Crippen molar-refractivity contribution in [3.63, 3.8) is 0 Å². The Bertz CT molecular complexity index is 1100. The Balaban J connectivity index is 1.63. The number of benzene rings is 1. The Morgan fingerprint density at radius 3 is 2.92 bits per heavy atom. The van der Waals surface area contributed by atoms with Gasteiger partial charge in [0.25, 0.3) is 0 Å². The largest absolute Gasteiger partial charge is 0.316 e. The number of hydrogen-bond acceptors (Lipinski definition) is 4. The minimum absolute atomic E-state index is 0.497. The maximum atomic E-state index is 4.66. The van der Waals surface area contributed by atoms with Crippen LogP contribution in [0.2, 0.25) is 0 Å². The summed E-state index contributed by atoms with van der Waals surface area (Å²) in [6.45, 7) is 6.38. The average molecular weight is 346 g/mol. The SMILES string of the molecule is Cc1cc2c(C3CCCNC3)n[nH]c2cc1-c1cc(C)c2ncnn2c1. The molecule has 1 saturated heterocycles. The number of pyridine rings is 1. The predicted molar refractivity (Wildman–Crippen MR) is 102 cm³/mol. The Hall–Kier alpha value is -2.73. The van der Waals surface area contributed by atoms with Gasteiger partial charge in [-0.3, -0.25) is 5.10 Å². The van der Waals surface area contributed by atoms with Crippen LogP contribution >= 0.6 is 0 Å². The zero-order chi connectivity index (χ0) is 17.7. The topological polar surface area (TPSA) is 70.9 Å². The first-order valence-corrected chi connectivity index (χ1v) is 9.20. The van der Waals surface area contributed by atoms with Crippen molar-refractivity contribution < 1.29 is 0 Å². The van der Waals surface area contributed by atoms with Crippen LogP contribution in [-0.2, 0) is 0 Å². The van der Waals surface area contributed by atoms with Gasteiger partial charge in [-0.25, -0.2) is 9.50 Å². The van der Waals surface area contributed by atoms with Crippen LogP contribution in [-0.4, -0.2) is 37.9 Å². The summed E-state index contributed by atoms with van der Waals surface area (Å²) in [5, 5.41) is 17.0. The van der Waals surface area contributed by atoms with Gasteiger partial charge in [0, 0.05) is 29.6 Å². The third-order valence-corrected chi connectivity index (χ3v) is 5.49. The number of nitrogens with zero attached hydrogens (tertiary/aromatic N) is 4. The van der Waals surface area contributed by atoms with E-state index in [1.807, 2.05) is 10.7 Å². The molecule has 26 heavy (non-hydrogen) atoms. The monoisotopic (exact) mass is 346 g/mol. The molecule has 1 aliphatic rings. The summed E-state index contributed by atoms with van der Waals surface area (Å²) < 4.78 is 1.85. The lowest BCUT2D eigenvalue weighted by Gasteiger charge is -2.21. The maximum absolute atomic E-state index is 4.66. The molecular weight excluding hydrogens is 324 g/mol. The van der Waals surface area contributed by atoms with Crippen molar-refractivity contribution in [2.75, 3.05) is 13.1 Å². The third kappa shape index (κ3) is 2.41. The van der Waals surface area contributed by atoms with Gasteiger partial charge in [0.15, 0.2) is 5.65 Å². The molecule has 0 saturated carbocycles. The molecule has 4 aromatic rings. The number of H-pyrrole nitrogens is 1. The zero-order valence-electron chi connectivity index (χ0n) is 15.1. The second-order valence-corrected chi connectivity index (χ2v) is 7.30. The van der Waals surface area contributed by atoms with E-state index in [0.29, 0.717) is 5.92 Å². The van der Waals surface area contributed by atoms with E-state index in [9.17, 15) is 0 Å². The van der Waals surface area contributed by atoms with E-state index in [1.165, 1.54) is 35.0 Å². The lowest BCUT2D eigenvalue weighted by Crippen LogP contribution is -2.28. The van der Waals surface area contributed by atoms with Gasteiger partial charge < -0.3 is 5.32 Å². The Morgan fingerprint density at radius 2 is 2.08 bits per heavy atom. The molecule has 1 fully saturated rings. The Labute approximate surface area is 151 Å². The van der Waals surface area contributed by atoms with Gasteiger partial charge in [0.1, 0.15) is 6.33 Å². The molecule has 1 aromatic carbocycles. The molecule has 4 heterocycles. The van der Waals surface area contributed by atoms with E-state index in [-0.39, 0.29) is 0 Å². The smallest absolute Gasteiger partial charge is 0.158 e. The molecule has 132 valence electrons. The van der Waals surface area contributed by atoms with Crippen LogP contribution in [0.15, 0.2) is 30.7 Å². The van der Waals surface area contributed by atoms with Crippen LogP contribution < -0.4 is 5.32 Å². The minimum atomic E-state index is 0.497. The first-order valence-electron chi connectivity index (χ1n) is 9.20. The van der Waals surface area contributed by atoms with Crippen molar-refractivity contribution in [3.05, 3.63) is 47.5 Å². The molecule has 6 heteroatoms. The molecule has 6 nitrogen and oxygen atoms in total. The Morgan fingerprint density at radius 1 is 1.15 bits per heavy atom. The predicted octanol–water partition coefficient (Wildman–Crippen LogP) is 3.36. The highest BCUT2D eigenvalue weighted by molar-refractivity contribution is 5.88. The number of fused-ring (bicyclic) bond motifs is 2. The van der Waals surface area contributed by atoms with Crippen LogP contribution in [0.4, 0.5) is 0 Å². The molecule has 0 radical (unpaired) electrons. The summed E-state index contributed by atoms with van der Waals surface area (Å²) in [4.78, 5) is 4.31. The highest BCUT2D eigenvalue weighted by Gasteiger charge is 2.21. The number of hydrogen-bond donors (Lipinski definition) is 2. The summed E-state index contributed by atoms with van der Waals surface area (Å²) in [5.74, 6) is 0.497. The molecule has 1 unspecified atom stereocenters. The van der Waals surface area contributed by atoms with Gasteiger partial charge in [0.2, 0.25) is 0 Å². The summed E-state index contributed by atoms with van der Waals surface area (Å²) in [7, 11) is 0. The van der Waals surface area contributed by atoms with Gasteiger partial charge in [-0.2, -0.15) is 10.2 Å². The molecule has 0 bridgehead atoms. The molecule has 0 aliphatic carbocycles. The van der Waals surface area contributed by atoms with Crippen LogP contribution in [0.3, 0.4) is 0 Å². The molecule has 1 atom stereocenters. The van der Waals surface area contributed by atoms with E-state index < -0.39 is 0 Å². The molecule has 2 N–H and O–H groups in total. The van der Waals surface area contributed by atoms with Crippen molar-refractivity contribution in [2.24, 2.45) is 0 Å². The fourth-order valence-electron chi connectivity index (χ4n) is 4.14. The molecule has 0 amide bonds. The zero-order valence-corrected chi connectivity index (χ0v) is 15.1. The standard InChI is InChI=1S/C20H22N6/c1-12-7-17-18(24-25-19(17)14-4-3-5-21-9-14)8-16(12)15-6-13(2)20-22-11-23-26(20)10-15/h6-8,10-11,14,21H,3-5,9H2,1-2H3,(H,24,25). The van der Waals surface area contributed by atoms with Crippen molar-refractivity contribution >= 4 is 16.6 Å². The van der Waals surface area contributed by atoms with Crippen molar-refractivity contribution in [1.82, 2.24) is 30.1 Å². The van der Waals surface area contributed by atoms with E-state index in [1.54, 1.807) is 6.33 Å². The highest BCUT2D eigenvalue weighted by Crippen LogP contribution is 2.33. The van der Waals surface area contributed by atoms with E-state index in [0.717, 1.165) is 35.4 Å². The number of rotatable bonds is 2. The molecule has 0 spiro atoms. The number of aromatic amines is 1. The van der Waals surface area contributed by atoms with Gasteiger partial charge in [-0.15, -0.1) is 0 Å². The first-order chi connectivity index (χ1) is 12.7. The number of aromatic nitrogens is 5. The van der Waals surface area contributed by atoms with Gasteiger partial charge in [0.05, 0.1) is 11.2 Å². The van der Waals surface area contributed by atoms with E-state index in [2.05, 4.69) is 57.6 Å². The minimum Gasteiger partial charge on any atom is -0.316 e. The third-order valence-electron chi connectivity index (χ3n) is 5.49. The lowest BCUT2D eigenvalue weighted by atomic mass is 9.92. The van der Waals surface area contributed by atoms with Crippen LogP contribution in [0.1, 0.15) is 35.6 Å². The van der Waals surface area contributed by atoms with Crippen LogP contribution in [0, 0.1) is 13.8 Å². The molecule has 1 aliphatic heterocycles. The normalized spacial score (nSPS) is 18.0. The average Bonchev–Trinajstić information content (AvgIpc) is 3.28. The summed E-state index contributed by atoms with van der Waals surface area (Å²) in [6, 6.07) is 6.68. The fraction of sp³-hybridized carbons (Fsp3) is 0.350. The summed E-state index contributed by atoms with van der Waals surface area (Å²) in [6.07, 6.45) is 6.07. The van der Waals surface area contributed by atoms with Gasteiger partial charge in [-0.1, -0.05) is 0 Å². The number of piperidine rings is 1. The molecule has 3 aromatic heterocycles. The Kier molecular flexibility index (Phi) is 3.53. The van der Waals surface area contributed by atoms with Gasteiger partial charge >= 0.3 is 0 Å². The van der Waals surface area contributed by atoms with Crippen molar-refractivity contribution in [3.8, 4) is 11.1 Å². The molecule has 5 rings (SSSR count). The maximum Gasteiger partial charge on any atom is 0.158 e. The van der Waals surface area contributed by atoms with Crippen LogP contribution in [0.5, 0.6) is 0 Å². The fourth-order valence-corrected chi connectivity index (χ4v) is 4.14. The van der Waals surface area contributed by atoms with Crippen LogP contribution in [0.25, 0.3) is 27.7 Å². The molecular formula is C20H22N6. The number of nitrogens with one attached hydrogen (secondary N) is 2. The quantitative estimate of drug-likeness (QED) is 0.584. The van der Waals surface area contributed by atoms with E-state index >= 15 is 0 Å². The first kappa shape index (κ1) is 15.5. The van der Waals surface area contributed by atoms with Gasteiger partial charge in [-0.05, 0) is 68.1 Å². The summed E-state index contributed by atoms with van der Waals surface area (Å²) in [5.41, 5.74) is 7.93. The number of aryl methyl sites for hydroxylation is 2. The summed E-state index contributed by atoms with van der Waals surface area (Å²) >= 11 is 0. The second-order valence-electron chi connectivity index (χ2n) is 7.30. The highest BCUT2D eigenvalue weighted by atomic mass is 15.3.